The molecular formula is C44H51Cl2N7O14S2. The number of furan rings is 1. The maximum atomic E-state index is 13.6. The van der Waals surface area contributed by atoms with E-state index in [4.69, 9.17) is 41.8 Å². The van der Waals surface area contributed by atoms with Crippen LogP contribution in [0.2, 0.25) is 10.0 Å². The zero-order valence-electron chi connectivity index (χ0n) is 37.8. The van der Waals surface area contributed by atoms with Crippen LogP contribution in [0.1, 0.15) is 37.8 Å². The Balaban J connectivity index is 0.000000190. The topological polar surface area (TPSA) is 267 Å². The van der Waals surface area contributed by atoms with E-state index in [9.17, 15) is 46.2 Å². The molecule has 4 aromatic carbocycles. The number of hydrogen-bond acceptors (Lipinski definition) is 19. The van der Waals surface area contributed by atoms with Crippen molar-refractivity contribution in [3.8, 4) is 17.2 Å². The minimum absolute atomic E-state index is 0.0306. The third-order valence-corrected chi connectivity index (χ3v) is 17.3. The molecule has 4 saturated heterocycles. The summed E-state index contributed by atoms with van der Waals surface area (Å²) in [7, 11) is -8.32. The smallest absolute Gasteiger partial charge is 0.272 e. The van der Waals surface area contributed by atoms with Gasteiger partial charge in [0.1, 0.15) is 38.4 Å². The van der Waals surface area contributed by atoms with E-state index in [0.29, 0.717) is 57.5 Å². The van der Waals surface area contributed by atoms with Crippen molar-refractivity contribution in [1.29, 1.82) is 0 Å². The largest absolute Gasteiger partial charge is 0.504 e. The average Bonchev–Trinajstić information content (AvgIpc) is 3.78. The number of aromatic hydroxyl groups is 2. The third kappa shape index (κ3) is 9.73. The molecule has 0 bridgehead atoms. The second kappa shape index (κ2) is 20.3. The molecule has 0 saturated carbocycles. The van der Waals surface area contributed by atoms with E-state index in [1.165, 1.54) is 32.9 Å². The van der Waals surface area contributed by atoms with E-state index in [1.54, 1.807) is 26.0 Å². The van der Waals surface area contributed by atoms with Gasteiger partial charge in [0.05, 0.1) is 60.5 Å². The van der Waals surface area contributed by atoms with Crippen LogP contribution in [0.5, 0.6) is 17.2 Å². The molecule has 25 heteroatoms. The second-order valence-corrected chi connectivity index (χ2v) is 21.4. The standard InChI is InChI=1S/C25H29ClN4O7S.C19H22ClN3O7S/c1-3-17(19-7-4-14(2)37-19)27-20-21(24(33)23(20)32)28-18-6-5-16(26)25(22(18)31)38(34,35)30-9-8-29-10-11-36-13-15(29)12-30;1-2-30-18-14(16(25)17(18)26)21-13-4-3-12(20)19(15(13)24)31(27,28)23-6-5-22-7-8-29-10-11(22)9-23/h4-7,15,17,27-28,31H,3,8-13H2,1-2H3;3-4,11,21,24H,2,5-10H2,1H3/t15-,17+;11-/m00/s1. The Kier molecular flexibility index (Phi) is 14.8. The summed E-state index contributed by atoms with van der Waals surface area (Å²) in [6, 6.07) is 8.39. The van der Waals surface area contributed by atoms with E-state index in [1.807, 2.05) is 6.92 Å². The number of piperazine rings is 2. The lowest BCUT2D eigenvalue weighted by atomic mass is 10.1. The number of benzene rings is 2. The number of sulfonamides is 2. The number of nitrogens with zero attached hydrogens (tertiary/aromatic N) is 4. The molecule has 372 valence electrons. The van der Waals surface area contributed by atoms with E-state index in [0.717, 1.165) is 13.1 Å². The normalized spacial score (nSPS) is 20.1. The van der Waals surface area contributed by atoms with Crippen LogP contribution in [0.15, 0.2) is 69.8 Å². The summed E-state index contributed by atoms with van der Waals surface area (Å²) in [6.45, 7) is 11.1. The molecular weight excluding hydrogens is 986 g/mol. The minimum atomic E-state index is -4.18. The molecule has 4 fully saturated rings. The number of fused-ring (bicyclic) bond motifs is 2. The first kappa shape index (κ1) is 50.3. The van der Waals surface area contributed by atoms with E-state index >= 15 is 0 Å². The molecule has 9 rings (SSSR count). The molecule has 5 N–H and O–H groups in total. The fraction of sp³-hybridized carbons (Fsp3) is 0.455. The lowest BCUT2D eigenvalue weighted by Gasteiger charge is -2.43. The third-order valence-electron chi connectivity index (χ3n) is 12.6. The Bertz CT molecular complexity index is 3120. The average molecular weight is 1040 g/mol. The highest BCUT2D eigenvalue weighted by atomic mass is 35.5. The number of anilines is 5. The number of hydrogen-bond donors (Lipinski definition) is 5. The Morgan fingerprint density at radius 2 is 1.17 bits per heavy atom. The molecule has 1 aromatic heterocycles. The first-order valence-electron chi connectivity index (χ1n) is 22.2. The van der Waals surface area contributed by atoms with E-state index in [-0.39, 0.29) is 95.1 Å². The number of rotatable bonds is 14. The van der Waals surface area contributed by atoms with Crippen LogP contribution in [-0.2, 0) is 29.5 Å². The van der Waals surface area contributed by atoms with Gasteiger partial charge in [-0.05, 0) is 56.7 Å². The van der Waals surface area contributed by atoms with Crippen LogP contribution >= 0.6 is 23.2 Å². The molecule has 3 atom stereocenters. The van der Waals surface area contributed by atoms with Crippen LogP contribution in [0.4, 0.5) is 28.4 Å². The van der Waals surface area contributed by atoms with Crippen LogP contribution in [0.25, 0.3) is 0 Å². The van der Waals surface area contributed by atoms with Crippen molar-refractivity contribution in [1.82, 2.24) is 18.4 Å². The number of phenolic OH excluding ortho intramolecular Hbond substituents is 2. The van der Waals surface area contributed by atoms with Crippen molar-refractivity contribution >= 4 is 71.7 Å². The van der Waals surface area contributed by atoms with E-state index in [2.05, 4.69) is 25.8 Å². The van der Waals surface area contributed by atoms with E-state index < -0.39 is 63.1 Å². The van der Waals surface area contributed by atoms with Crippen LogP contribution in [0.3, 0.4) is 0 Å². The van der Waals surface area contributed by atoms with Gasteiger partial charge in [-0.2, -0.15) is 8.61 Å². The fourth-order valence-corrected chi connectivity index (χ4v) is 12.9. The molecule has 69 heavy (non-hydrogen) atoms. The highest BCUT2D eigenvalue weighted by molar-refractivity contribution is 7.89. The first-order chi connectivity index (χ1) is 32.9. The maximum Gasteiger partial charge on any atom is 0.272 e. The number of phenols is 2. The van der Waals surface area contributed by atoms with Gasteiger partial charge >= 0.3 is 0 Å². The lowest BCUT2D eigenvalue weighted by molar-refractivity contribution is -0.0305. The first-order valence-corrected chi connectivity index (χ1v) is 25.8. The van der Waals surface area contributed by atoms with Gasteiger partial charge in [-0.1, -0.05) is 30.1 Å². The monoisotopic (exact) mass is 1040 g/mol. The van der Waals surface area contributed by atoms with Gasteiger partial charge in [-0.25, -0.2) is 16.8 Å². The zero-order chi connectivity index (χ0) is 49.5. The summed E-state index contributed by atoms with van der Waals surface area (Å²) in [5.41, 5.74) is -3.42. The SMILES string of the molecule is CCOc1c(Nc2ccc(Cl)c(S(=O)(=O)N3CCN4CCOC[C@@H]4C3)c2O)c(=O)c1=O.CC[C@@H](Nc1c(Nc2ccc(Cl)c(S(=O)(=O)N3CCN4CCOC[C@@H]4C3)c2O)c(=O)c1=O)c1ccc(C)o1. The fourth-order valence-electron chi connectivity index (χ4n) is 8.79. The van der Waals surface area contributed by atoms with Crippen molar-refractivity contribution in [3.63, 3.8) is 0 Å². The molecule has 21 nitrogen and oxygen atoms in total. The highest BCUT2D eigenvalue weighted by Crippen LogP contribution is 2.42. The highest BCUT2D eigenvalue weighted by Gasteiger charge is 2.40. The predicted molar refractivity (Wildman–Crippen MR) is 257 cm³/mol. The van der Waals surface area contributed by atoms with Crippen LogP contribution in [-0.4, -0.2) is 143 Å². The van der Waals surface area contributed by atoms with Gasteiger partial charge in [0.15, 0.2) is 17.2 Å². The molecule has 0 aliphatic carbocycles. The Hall–Kier alpha value is -5.08. The molecule has 4 aliphatic heterocycles. The Morgan fingerprint density at radius 1 is 0.681 bits per heavy atom. The summed E-state index contributed by atoms with van der Waals surface area (Å²) >= 11 is 12.5. The number of aryl methyl sites for hydroxylation is 1. The number of morpholine rings is 2. The molecule has 5 aromatic rings. The van der Waals surface area contributed by atoms with Crippen LogP contribution < -0.4 is 42.4 Å². The van der Waals surface area contributed by atoms with Crippen molar-refractivity contribution in [2.24, 2.45) is 0 Å². The second-order valence-electron chi connectivity index (χ2n) is 16.8. The van der Waals surface area contributed by atoms with Gasteiger partial charge < -0.3 is 44.8 Å². The summed E-state index contributed by atoms with van der Waals surface area (Å²) < 4.78 is 78.2. The van der Waals surface area contributed by atoms with Gasteiger partial charge in [-0.3, -0.25) is 29.0 Å². The van der Waals surface area contributed by atoms with Crippen LogP contribution in [0, 0.1) is 6.92 Å². The Morgan fingerprint density at radius 3 is 1.65 bits per heavy atom. The van der Waals surface area contributed by atoms with Gasteiger partial charge in [-0.15, -0.1) is 0 Å². The molecule has 0 unspecified atom stereocenters. The molecule has 4 aliphatic rings. The molecule has 5 heterocycles. The van der Waals surface area contributed by atoms with Crippen molar-refractivity contribution < 1.29 is 45.7 Å². The van der Waals surface area contributed by atoms with Crippen molar-refractivity contribution in [2.45, 2.75) is 55.1 Å². The Labute approximate surface area is 406 Å². The quantitative estimate of drug-likeness (QED) is 0.0790. The lowest BCUT2D eigenvalue weighted by Crippen LogP contribution is -2.59. The molecule has 0 radical (unpaired) electrons. The van der Waals surface area contributed by atoms with Crippen molar-refractivity contribution in [3.05, 3.63) is 98.9 Å². The summed E-state index contributed by atoms with van der Waals surface area (Å²) in [6.07, 6.45) is 0.569. The number of ether oxygens (including phenoxy) is 3. The number of nitrogens with one attached hydrogen (secondary N) is 3. The summed E-state index contributed by atoms with van der Waals surface area (Å²) in [4.78, 5) is 51.8. The van der Waals surface area contributed by atoms with Gasteiger partial charge in [0.25, 0.3) is 21.7 Å². The van der Waals surface area contributed by atoms with Gasteiger partial charge in [0.2, 0.25) is 20.0 Å². The summed E-state index contributed by atoms with van der Waals surface area (Å²) in [5.74, 6) is -0.103. The molecule has 0 spiro atoms. The van der Waals surface area contributed by atoms with Gasteiger partial charge in [0, 0.05) is 64.4 Å². The summed E-state index contributed by atoms with van der Waals surface area (Å²) in [5, 5.41) is 29.9. The maximum absolute atomic E-state index is 13.6. The minimum Gasteiger partial charge on any atom is -0.504 e. The van der Waals surface area contributed by atoms with Crippen molar-refractivity contribution in [2.75, 3.05) is 101 Å². The zero-order valence-corrected chi connectivity index (χ0v) is 40.9. The number of halogens is 2. The molecule has 0 amide bonds. The predicted octanol–water partition coefficient (Wildman–Crippen LogP) is 3.04.